The summed E-state index contributed by atoms with van der Waals surface area (Å²) in [5, 5.41) is 11.3. The first-order chi connectivity index (χ1) is 9.54. The highest BCUT2D eigenvalue weighted by Crippen LogP contribution is 2.10. The van der Waals surface area contributed by atoms with Gasteiger partial charge in [-0.3, -0.25) is 9.59 Å². The Kier molecular flexibility index (Phi) is 6.27. The van der Waals surface area contributed by atoms with Crippen molar-refractivity contribution in [1.82, 2.24) is 5.32 Å². The van der Waals surface area contributed by atoms with Crippen molar-refractivity contribution in [2.45, 2.75) is 19.8 Å². The zero-order chi connectivity index (χ0) is 15.0. The topological polar surface area (TPSA) is 92.4 Å². The molecule has 0 saturated carbocycles. The van der Waals surface area contributed by atoms with Crippen LogP contribution in [0.25, 0.3) is 0 Å². The molecule has 0 spiro atoms. The molecule has 106 valence electrons. The van der Waals surface area contributed by atoms with E-state index >= 15 is 0 Å². The summed E-state index contributed by atoms with van der Waals surface area (Å²) in [6.07, 6.45) is 0.509. The van der Waals surface area contributed by atoms with Crippen LogP contribution < -0.4 is 11.1 Å². The van der Waals surface area contributed by atoms with Crippen molar-refractivity contribution in [3.05, 3.63) is 34.9 Å². The largest absolute Gasteiger partial charge is 0.395 e. The van der Waals surface area contributed by atoms with Crippen molar-refractivity contribution < 1.29 is 14.7 Å². The lowest BCUT2D eigenvalue weighted by molar-refractivity contribution is -0.117. The molecule has 0 saturated heterocycles. The van der Waals surface area contributed by atoms with Crippen LogP contribution in [0.4, 0.5) is 0 Å². The number of primary amides is 1. The monoisotopic (exact) mass is 274 g/mol. The van der Waals surface area contributed by atoms with Crippen LogP contribution in [-0.4, -0.2) is 30.1 Å². The fourth-order valence-electron chi connectivity index (χ4n) is 1.56. The van der Waals surface area contributed by atoms with Gasteiger partial charge in [-0.05, 0) is 24.6 Å². The minimum absolute atomic E-state index is 0.0132. The third-order valence-electron chi connectivity index (χ3n) is 2.61. The van der Waals surface area contributed by atoms with E-state index in [1.807, 2.05) is 19.1 Å². The van der Waals surface area contributed by atoms with Crippen LogP contribution in [0, 0.1) is 18.8 Å². The molecule has 0 aromatic heterocycles. The van der Waals surface area contributed by atoms with E-state index in [9.17, 15) is 9.59 Å². The van der Waals surface area contributed by atoms with E-state index in [0.29, 0.717) is 17.5 Å². The molecule has 5 heteroatoms. The van der Waals surface area contributed by atoms with Crippen LogP contribution in [0.5, 0.6) is 0 Å². The van der Waals surface area contributed by atoms with Crippen LogP contribution >= 0.6 is 0 Å². The summed E-state index contributed by atoms with van der Waals surface area (Å²) in [4.78, 5) is 22.6. The molecule has 0 radical (unpaired) electrons. The first kappa shape index (κ1) is 15.7. The number of nitrogens with two attached hydrogens (primary N) is 1. The summed E-state index contributed by atoms with van der Waals surface area (Å²) in [7, 11) is 0. The van der Waals surface area contributed by atoms with Gasteiger partial charge < -0.3 is 16.2 Å². The van der Waals surface area contributed by atoms with Gasteiger partial charge in [0, 0.05) is 30.5 Å². The maximum Gasteiger partial charge on any atom is 0.251 e. The second kappa shape index (κ2) is 7.97. The van der Waals surface area contributed by atoms with Gasteiger partial charge in [0.05, 0.1) is 6.61 Å². The first-order valence-electron chi connectivity index (χ1n) is 6.31. The Balaban J connectivity index is 2.78. The van der Waals surface area contributed by atoms with Crippen molar-refractivity contribution in [2.24, 2.45) is 5.73 Å². The van der Waals surface area contributed by atoms with Crippen molar-refractivity contribution in [3.63, 3.8) is 0 Å². The number of rotatable bonds is 5. The fraction of sp³-hybridized carbons (Fsp3) is 0.333. The van der Waals surface area contributed by atoms with Gasteiger partial charge in [-0.25, -0.2) is 0 Å². The summed E-state index contributed by atoms with van der Waals surface area (Å²) < 4.78 is 0. The molecule has 1 aromatic carbocycles. The van der Waals surface area contributed by atoms with Gasteiger partial charge in [0.2, 0.25) is 5.91 Å². The molecule has 2 amide bonds. The summed E-state index contributed by atoms with van der Waals surface area (Å²) in [5.41, 5.74) is 7.07. The average Bonchev–Trinajstić information content (AvgIpc) is 2.40. The Morgan fingerprint density at radius 3 is 2.80 bits per heavy atom. The SMILES string of the molecule is Cc1ccc(C#CCCO)cc1C(=O)NCCC(N)=O. The number of hydrogen-bond donors (Lipinski definition) is 3. The number of carbonyl (C=O) groups excluding carboxylic acids is 2. The van der Waals surface area contributed by atoms with Crippen LogP contribution in [0.2, 0.25) is 0 Å². The van der Waals surface area contributed by atoms with E-state index in [1.54, 1.807) is 6.07 Å². The van der Waals surface area contributed by atoms with Gasteiger partial charge in [-0.15, -0.1) is 0 Å². The van der Waals surface area contributed by atoms with Crippen molar-refractivity contribution in [2.75, 3.05) is 13.2 Å². The molecule has 0 aliphatic heterocycles. The lowest BCUT2D eigenvalue weighted by Crippen LogP contribution is -2.28. The lowest BCUT2D eigenvalue weighted by atomic mass is 10.0. The quantitative estimate of drug-likeness (QED) is 0.676. The third-order valence-corrected chi connectivity index (χ3v) is 2.61. The van der Waals surface area contributed by atoms with Gasteiger partial charge in [-0.1, -0.05) is 17.9 Å². The van der Waals surface area contributed by atoms with Gasteiger partial charge >= 0.3 is 0 Å². The Labute approximate surface area is 118 Å². The number of carbonyl (C=O) groups is 2. The number of aliphatic hydroxyl groups is 1. The molecule has 0 fully saturated rings. The predicted molar refractivity (Wildman–Crippen MR) is 75.9 cm³/mol. The molecular formula is C15H18N2O3. The van der Waals surface area contributed by atoms with E-state index in [1.165, 1.54) is 0 Å². The lowest BCUT2D eigenvalue weighted by Gasteiger charge is -2.07. The Bertz CT molecular complexity index is 556. The molecule has 0 unspecified atom stereocenters. The van der Waals surface area contributed by atoms with E-state index < -0.39 is 5.91 Å². The standard InChI is InChI=1S/C15H18N2O3/c1-11-5-6-12(4-2-3-9-18)10-13(11)15(20)17-8-7-14(16)19/h5-6,10,18H,3,7-9H2,1H3,(H2,16,19)(H,17,20). The second-order valence-electron chi connectivity index (χ2n) is 4.28. The molecule has 1 rings (SSSR count). The fourth-order valence-corrected chi connectivity index (χ4v) is 1.56. The number of aliphatic hydroxyl groups excluding tert-OH is 1. The summed E-state index contributed by atoms with van der Waals surface area (Å²) in [5.74, 6) is 4.97. The van der Waals surface area contributed by atoms with E-state index in [0.717, 1.165) is 5.56 Å². The van der Waals surface area contributed by atoms with Crippen molar-refractivity contribution >= 4 is 11.8 Å². The molecule has 20 heavy (non-hydrogen) atoms. The highest BCUT2D eigenvalue weighted by atomic mass is 16.2. The molecule has 4 N–H and O–H groups in total. The van der Waals surface area contributed by atoms with Gasteiger partial charge in [0.1, 0.15) is 0 Å². The molecule has 0 aliphatic carbocycles. The Hall–Kier alpha value is -2.32. The molecule has 0 bridgehead atoms. The summed E-state index contributed by atoms with van der Waals surface area (Å²) in [6.45, 7) is 2.06. The number of amides is 2. The molecule has 1 aromatic rings. The van der Waals surface area contributed by atoms with Gasteiger partial charge in [0.15, 0.2) is 0 Å². The van der Waals surface area contributed by atoms with Gasteiger partial charge in [0.25, 0.3) is 5.91 Å². The maximum atomic E-state index is 12.0. The Morgan fingerprint density at radius 2 is 2.15 bits per heavy atom. The van der Waals surface area contributed by atoms with Crippen LogP contribution in [0.3, 0.4) is 0 Å². The first-order valence-corrected chi connectivity index (χ1v) is 6.31. The van der Waals surface area contributed by atoms with Crippen LogP contribution in [0.15, 0.2) is 18.2 Å². The zero-order valence-electron chi connectivity index (χ0n) is 11.4. The normalized spacial score (nSPS) is 9.50. The van der Waals surface area contributed by atoms with E-state index in [4.69, 9.17) is 10.8 Å². The minimum atomic E-state index is -0.453. The third kappa shape index (κ3) is 5.12. The molecule has 0 heterocycles. The zero-order valence-corrected chi connectivity index (χ0v) is 11.4. The van der Waals surface area contributed by atoms with E-state index in [-0.39, 0.29) is 25.5 Å². The van der Waals surface area contributed by atoms with Crippen LogP contribution in [0.1, 0.15) is 34.3 Å². The molecule has 0 aliphatic rings. The van der Waals surface area contributed by atoms with E-state index in [2.05, 4.69) is 17.2 Å². The second-order valence-corrected chi connectivity index (χ2v) is 4.28. The average molecular weight is 274 g/mol. The molecular weight excluding hydrogens is 256 g/mol. The highest BCUT2D eigenvalue weighted by Gasteiger charge is 2.09. The number of hydrogen-bond acceptors (Lipinski definition) is 3. The number of aryl methyl sites for hydroxylation is 1. The van der Waals surface area contributed by atoms with Gasteiger partial charge in [-0.2, -0.15) is 0 Å². The Morgan fingerprint density at radius 1 is 1.40 bits per heavy atom. The smallest absolute Gasteiger partial charge is 0.251 e. The summed E-state index contributed by atoms with van der Waals surface area (Å²) >= 11 is 0. The highest BCUT2D eigenvalue weighted by molar-refractivity contribution is 5.96. The maximum absolute atomic E-state index is 12.0. The number of benzene rings is 1. The molecule has 5 nitrogen and oxygen atoms in total. The van der Waals surface area contributed by atoms with Crippen LogP contribution in [-0.2, 0) is 4.79 Å². The number of nitrogens with one attached hydrogen (secondary N) is 1. The minimum Gasteiger partial charge on any atom is -0.395 e. The van der Waals surface area contributed by atoms with Crippen molar-refractivity contribution in [3.8, 4) is 11.8 Å². The summed E-state index contributed by atoms with van der Waals surface area (Å²) in [6, 6.07) is 5.32. The van der Waals surface area contributed by atoms with Crippen molar-refractivity contribution in [1.29, 1.82) is 0 Å². The molecule has 0 atom stereocenters. The predicted octanol–water partition coefficient (Wildman–Crippen LogP) is 0.334.